The van der Waals surface area contributed by atoms with E-state index >= 15 is 0 Å². The fraction of sp³-hybridized carbons (Fsp3) is 0.158. The van der Waals surface area contributed by atoms with E-state index < -0.39 is 0 Å². The highest BCUT2D eigenvalue weighted by Gasteiger charge is 2.07. The van der Waals surface area contributed by atoms with Crippen molar-refractivity contribution >= 4 is 18.2 Å². The van der Waals surface area contributed by atoms with Gasteiger partial charge in [0.1, 0.15) is 5.75 Å². The van der Waals surface area contributed by atoms with Crippen molar-refractivity contribution in [3.8, 4) is 17.2 Å². The Kier molecular flexibility index (Phi) is 5.26. The van der Waals surface area contributed by atoms with Crippen LogP contribution in [0.3, 0.4) is 0 Å². The van der Waals surface area contributed by atoms with E-state index in [2.05, 4.69) is 6.58 Å². The Morgan fingerprint density at radius 2 is 1.36 bits per heavy atom. The molecule has 0 aliphatic rings. The lowest BCUT2D eigenvalue weighted by Crippen LogP contribution is -1.93. The molecule has 0 saturated carbocycles. The maximum Gasteiger partial charge on any atom is 0.161 e. The van der Waals surface area contributed by atoms with Crippen LogP contribution in [0.4, 0.5) is 0 Å². The molecule has 0 unspecified atom stereocenters. The number of benzene rings is 2. The monoisotopic (exact) mass is 296 g/mol. The van der Waals surface area contributed by atoms with E-state index in [0.717, 1.165) is 22.4 Å². The first kappa shape index (κ1) is 15.7. The topological polar surface area (TPSA) is 27.7 Å². The van der Waals surface area contributed by atoms with Gasteiger partial charge in [-0.25, -0.2) is 0 Å². The van der Waals surface area contributed by atoms with Gasteiger partial charge in [0.15, 0.2) is 11.5 Å². The van der Waals surface area contributed by atoms with Crippen molar-refractivity contribution in [3.05, 3.63) is 59.7 Å². The molecule has 0 aliphatic carbocycles. The molecule has 0 fully saturated rings. The minimum atomic E-state index is 0.694. The lowest BCUT2D eigenvalue weighted by atomic mass is 10.0. The molecule has 0 aliphatic heterocycles. The van der Waals surface area contributed by atoms with E-state index in [9.17, 15) is 0 Å². The fourth-order valence-electron chi connectivity index (χ4n) is 2.13. The number of ether oxygens (including phenoxy) is 3. The average molecular weight is 296 g/mol. The smallest absolute Gasteiger partial charge is 0.161 e. The van der Waals surface area contributed by atoms with E-state index in [1.807, 2.05) is 48.6 Å². The zero-order valence-corrected chi connectivity index (χ0v) is 13.1. The second-order valence-electron chi connectivity index (χ2n) is 4.65. The normalized spacial score (nSPS) is 10.5. The lowest BCUT2D eigenvalue weighted by molar-refractivity contribution is 0.355. The summed E-state index contributed by atoms with van der Waals surface area (Å²) in [5.41, 5.74) is 3.09. The number of hydrogen-bond acceptors (Lipinski definition) is 3. The zero-order chi connectivity index (χ0) is 15.9. The van der Waals surface area contributed by atoms with Crippen LogP contribution in [0.5, 0.6) is 17.2 Å². The van der Waals surface area contributed by atoms with Gasteiger partial charge < -0.3 is 14.2 Å². The molecule has 0 radical (unpaired) electrons. The molecule has 0 saturated heterocycles. The Hall–Kier alpha value is -2.68. The molecule has 2 rings (SSSR count). The fourth-order valence-corrected chi connectivity index (χ4v) is 2.13. The molecule has 2 aromatic rings. The number of hydrogen-bond donors (Lipinski definition) is 0. The third kappa shape index (κ3) is 3.50. The Bertz CT molecular complexity index is 670. The Balaban J connectivity index is 2.34. The first-order valence-electron chi connectivity index (χ1n) is 6.92. The van der Waals surface area contributed by atoms with Crippen LogP contribution in [0, 0.1) is 0 Å². The van der Waals surface area contributed by atoms with Gasteiger partial charge in [0.25, 0.3) is 0 Å². The van der Waals surface area contributed by atoms with Crippen molar-refractivity contribution in [3.63, 3.8) is 0 Å². The number of rotatable bonds is 6. The quantitative estimate of drug-likeness (QED) is 0.733. The second-order valence-corrected chi connectivity index (χ2v) is 4.65. The van der Waals surface area contributed by atoms with E-state index in [4.69, 9.17) is 14.2 Å². The van der Waals surface area contributed by atoms with Crippen molar-refractivity contribution in [2.45, 2.75) is 0 Å². The van der Waals surface area contributed by atoms with E-state index in [0.29, 0.717) is 11.5 Å². The molecule has 0 atom stereocenters. The van der Waals surface area contributed by atoms with Crippen LogP contribution >= 0.6 is 0 Å². The van der Waals surface area contributed by atoms with Gasteiger partial charge in [-0.3, -0.25) is 0 Å². The Morgan fingerprint density at radius 1 is 0.773 bits per heavy atom. The zero-order valence-electron chi connectivity index (χ0n) is 13.1. The van der Waals surface area contributed by atoms with Gasteiger partial charge in [0, 0.05) is 0 Å². The molecule has 0 heterocycles. The van der Waals surface area contributed by atoms with Crippen LogP contribution in [-0.4, -0.2) is 21.3 Å². The first-order chi connectivity index (χ1) is 10.7. The summed E-state index contributed by atoms with van der Waals surface area (Å²) in [5.74, 6) is 2.23. The Labute approximate surface area is 131 Å². The molecule has 114 valence electrons. The first-order valence-corrected chi connectivity index (χ1v) is 6.92. The van der Waals surface area contributed by atoms with E-state index in [1.165, 1.54) is 0 Å². The van der Waals surface area contributed by atoms with Crippen LogP contribution in [0.15, 0.2) is 43.0 Å². The summed E-state index contributed by atoms with van der Waals surface area (Å²) in [6.07, 6.45) is 5.87. The average Bonchev–Trinajstić information content (AvgIpc) is 2.59. The second kappa shape index (κ2) is 7.36. The summed E-state index contributed by atoms with van der Waals surface area (Å²) < 4.78 is 15.8. The molecule has 22 heavy (non-hydrogen) atoms. The predicted molar refractivity (Wildman–Crippen MR) is 91.6 cm³/mol. The van der Waals surface area contributed by atoms with Gasteiger partial charge in [0.2, 0.25) is 0 Å². The molecule has 0 aromatic heterocycles. The summed E-state index contributed by atoms with van der Waals surface area (Å²) in [6, 6.07) is 11.7. The van der Waals surface area contributed by atoms with Gasteiger partial charge in [-0.15, -0.1) is 0 Å². The SMILES string of the molecule is C=Cc1cc(OC)c(OC)cc1C=Cc1ccc(OC)cc1. The van der Waals surface area contributed by atoms with Crippen molar-refractivity contribution in [2.24, 2.45) is 0 Å². The Morgan fingerprint density at radius 3 is 1.86 bits per heavy atom. The minimum absolute atomic E-state index is 0.694. The highest BCUT2D eigenvalue weighted by molar-refractivity contribution is 5.77. The third-order valence-electron chi connectivity index (χ3n) is 3.38. The molecular weight excluding hydrogens is 276 g/mol. The summed E-state index contributed by atoms with van der Waals surface area (Å²) in [7, 11) is 4.91. The molecule has 0 N–H and O–H groups in total. The molecule has 0 bridgehead atoms. The summed E-state index contributed by atoms with van der Waals surface area (Å²) in [6.45, 7) is 3.85. The van der Waals surface area contributed by atoms with Gasteiger partial charge in [-0.2, -0.15) is 0 Å². The molecule has 0 spiro atoms. The van der Waals surface area contributed by atoms with E-state index in [1.54, 1.807) is 27.4 Å². The van der Waals surface area contributed by atoms with Crippen molar-refractivity contribution < 1.29 is 14.2 Å². The summed E-state index contributed by atoms with van der Waals surface area (Å²) in [5, 5.41) is 0. The minimum Gasteiger partial charge on any atom is -0.497 e. The van der Waals surface area contributed by atoms with Gasteiger partial charge in [-0.1, -0.05) is 36.9 Å². The maximum atomic E-state index is 5.35. The highest BCUT2D eigenvalue weighted by atomic mass is 16.5. The van der Waals surface area contributed by atoms with Crippen molar-refractivity contribution in [2.75, 3.05) is 21.3 Å². The summed E-state index contributed by atoms with van der Waals surface area (Å²) in [4.78, 5) is 0. The van der Waals surface area contributed by atoms with Crippen LogP contribution < -0.4 is 14.2 Å². The molecular formula is C19H20O3. The predicted octanol–water partition coefficient (Wildman–Crippen LogP) is 4.53. The van der Waals surface area contributed by atoms with Gasteiger partial charge in [0.05, 0.1) is 21.3 Å². The van der Waals surface area contributed by atoms with Crippen LogP contribution in [0.25, 0.3) is 18.2 Å². The molecule has 0 amide bonds. The largest absolute Gasteiger partial charge is 0.497 e. The molecule has 3 nitrogen and oxygen atoms in total. The van der Waals surface area contributed by atoms with Crippen molar-refractivity contribution in [1.82, 2.24) is 0 Å². The van der Waals surface area contributed by atoms with E-state index in [-0.39, 0.29) is 0 Å². The van der Waals surface area contributed by atoms with Crippen LogP contribution in [0.1, 0.15) is 16.7 Å². The number of methoxy groups -OCH3 is 3. The van der Waals surface area contributed by atoms with Gasteiger partial charge >= 0.3 is 0 Å². The molecule has 2 aromatic carbocycles. The summed E-state index contributed by atoms with van der Waals surface area (Å²) >= 11 is 0. The maximum absolute atomic E-state index is 5.35. The third-order valence-corrected chi connectivity index (χ3v) is 3.38. The van der Waals surface area contributed by atoms with Crippen molar-refractivity contribution in [1.29, 1.82) is 0 Å². The standard InChI is InChI=1S/C19H20O3/c1-5-15-12-18(21-3)19(22-4)13-16(15)9-6-14-7-10-17(20-2)11-8-14/h5-13H,1H2,2-4H3. The van der Waals surface area contributed by atoms with Gasteiger partial charge in [-0.05, 0) is 41.0 Å². The van der Waals surface area contributed by atoms with Crippen LogP contribution in [0.2, 0.25) is 0 Å². The molecule has 3 heteroatoms. The highest BCUT2D eigenvalue weighted by Crippen LogP contribution is 2.32. The lowest BCUT2D eigenvalue weighted by Gasteiger charge is -2.11. The van der Waals surface area contributed by atoms with Crippen LogP contribution in [-0.2, 0) is 0 Å².